The van der Waals surface area contributed by atoms with Gasteiger partial charge < -0.3 is 4.74 Å². The van der Waals surface area contributed by atoms with Crippen LogP contribution in [-0.4, -0.2) is 13.1 Å². The van der Waals surface area contributed by atoms with E-state index in [1.54, 1.807) is 11.3 Å². The van der Waals surface area contributed by atoms with E-state index in [2.05, 4.69) is 4.74 Å². The lowest BCUT2D eigenvalue weighted by molar-refractivity contribution is -0.140. The highest BCUT2D eigenvalue weighted by atomic mass is 35.5. The van der Waals surface area contributed by atoms with E-state index in [9.17, 15) is 4.79 Å². The zero-order valence-electron chi connectivity index (χ0n) is 6.67. The minimum absolute atomic E-state index is 0.195. The average Bonchev–Trinajstić information content (AvgIpc) is 2.47. The molecule has 0 aliphatic rings. The zero-order valence-corrected chi connectivity index (χ0v) is 8.24. The molecule has 1 rings (SSSR count). The molecule has 1 heterocycles. The van der Waals surface area contributed by atoms with Crippen molar-refractivity contribution in [1.29, 1.82) is 0 Å². The number of carbonyl (C=O) groups excluding carboxylic acids is 1. The summed E-state index contributed by atoms with van der Waals surface area (Å²) in [6, 6.07) is 1.83. The van der Waals surface area contributed by atoms with Gasteiger partial charge in [-0.2, -0.15) is 0 Å². The first-order valence-electron chi connectivity index (χ1n) is 3.52. The number of halogens is 1. The molecule has 1 aromatic heterocycles. The summed E-state index contributed by atoms with van der Waals surface area (Å²) in [7, 11) is 1.39. The van der Waals surface area contributed by atoms with E-state index in [1.807, 2.05) is 11.4 Å². The first-order chi connectivity index (χ1) is 5.74. The van der Waals surface area contributed by atoms with Crippen molar-refractivity contribution in [2.75, 3.05) is 7.11 Å². The maximum atomic E-state index is 10.8. The predicted octanol–water partition coefficient (Wildman–Crippen LogP) is 2.51. The SMILES string of the molecule is COC(=O)CCc1sccc1Cl. The molecule has 4 heteroatoms. The number of rotatable bonds is 3. The molecule has 2 nitrogen and oxygen atoms in total. The van der Waals surface area contributed by atoms with Crippen LogP contribution in [0.3, 0.4) is 0 Å². The van der Waals surface area contributed by atoms with Gasteiger partial charge in [-0.1, -0.05) is 11.6 Å². The van der Waals surface area contributed by atoms with Crippen LogP contribution < -0.4 is 0 Å². The molecule has 0 saturated heterocycles. The quantitative estimate of drug-likeness (QED) is 0.708. The van der Waals surface area contributed by atoms with Crippen LogP contribution in [0.2, 0.25) is 5.02 Å². The van der Waals surface area contributed by atoms with E-state index in [0.717, 1.165) is 9.90 Å². The van der Waals surface area contributed by atoms with Gasteiger partial charge >= 0.3 is 5.97 Å². The van der Waals surface area contributed by atoms with Crippen LogP contribution in [-0.2, 0) is 16.0 Å². The topological polar surface area (TPSA) is 26.3 Å². The lowest BCUT2D eigenvalue weighted by Crippen LogP contribution is -2.00. The van der Waals surface area contributed by atoms with Gasteiger partial charge in [0, 0.05) is 4.88 Å². The summed E-state index contributed by atoms with van der Waals surface area (Å²) in [6.07, 6.45) is 1.07. The molecule has 0 fully saturated rings. The smallest absolute Gasteiger partial charge is 0.305 e. The number of esters is 1. The van der Waals surface area contributed by atoms with E-state index in [0.29, 0.717) is 12.8 Å². The van der Waals surface area contributed by atoms with Gasteiger partial charge in [-0.15, -0.1) is 11.3 Å². The standard InChI is InChI=1S/C8H9ClO2S/c1-11-8(10)3-2-7-6(9)4-5-12-7/h4-5H,2-3H2,1H3. The third-order valence-corrected chi connectivity index (χ3v) is 2.92. The van der Waals surface area contributed by atoms with Crippen molar-refractivity contribution >= 4 is 28.9 Å². The van der Waals surface area contributed by atoms with E-state index in [1.165, 1.54) is 7.11 Å². The molecule has 0 amide bonds. The number of carbonyl (C=O) groups is 1. The van der Waals surface area contributed by atoms with Gasteiger partial charge in [0.15, 0.2) is 0 Å². The van der Waals surface area contributed by atoms with Crippen molar-refractivity contribution in [3.8, 4) is 0 Å². The third kappa shape index (κ3) is 2.50. The molecule has 0 aromatic carbocycles. The van der Waals surface area contributed by atoms with Crippen LogP contribution in [0.15, 0.2) is 11.4 Å². The molecule has 0 aliphatic heterocycles. The summed E-state index contributed by atoms with van der Waals surface area (Å²) in [5, 5.41) is 2.65. The molecule has 0 atom stereocenters. The van der Waals surface area contributed by atoms with E-state index >= 15 is 0 Å². The fraction of sp³-hybridized carbons (Fsp3) is 0.375. The average molecular weight is 205 g/mol. The highest BCUT2D eigenvalue weighted by molar-refractivity contribution is 7.10. The summed E-state index contributed by atoms with van der Waals surface area (Å²) < 4.78 is 4.51. The van der Waals surface area contributed by atoms with Gasteiger partial charge in [0.05, 0.1) is 18.6 Å². The third-order valence-electron chi connectivity index (χ3n) is 1.47. The molecular formula is C8H9ClO2S. The number of ether oxygens (including phenoxy) is 1. The Morgan fingerprint density at radius 3 is 3.00 bits per heavy atom. The van der Waals surface area contributed by atoms with Crippen LogP contribution in [0, 0.1) is 0 Å². The number of hydrogen-bond acceptors (Lipinski definition) is 3. The molecular weight excluding hydrogens is 196 g/mol. The van der Waals surface area contributed by atoms with Gasteiger partial charge in [0.25, 0.3) is 0 Å². The minimum Gasteiger partial charge on any atom is -0.469 e. The second-order valence-electron chi connectivity index (χ2n) is 2.27. The maximum absolute atomic E-state index is 10.8. The second-order valence-corrected chi connectivity index (χ2v) is 3.68. The van der Waals surface area contributed by atoms with Crippen LogP contribution in [0.1, 0.15) is 11.3 Å². The largest absolute Gasteiger partial charge is 0.469 e. The zero-order chi connectivity index (χ0) is 8.97. The summed E-state index contributed by atoms with van der Waals surface area (Å²) in [6.45, 7) is 0. The Balaban J connectivity index is 2.43. The summed E-state index contributed by atoms with van der Waals surface area (Å²) in [5.41, 5.74) is 0. The Morgan fingerprint density at radius 2 is 2.50 bits per heavy atom. The van der Waals surface area contributed by atoms with Gasteiger partial charge in [0.2, 0.25) is 0 Å². The Bertz CT molecular complexity index is 270. The molecule has 0 aliphatic carbocycles. The summed E-state index contributed by atoms with van der Waals surface area (Å²) in [5.74, 6) is -0.195. The number of methoxy groups -OCH3 is 1. The number of aryl methyl sites for hydroxylation is 1. The van der Waals surface area contributed by atoms with Crippen molar-refractivity contribution in [1.82, 2.24) is 0 Å². The normalized spacial score (nSPS) is 9.83. The van der Waals surface area contributed by atoms with Gasteiger partial charge in [-0.3, -0.25) is 4.79 Å². The van der Waals surface area contributed by atoms with Gasteiger partial charge in [-0.25, -0.2) is 0 Å². The van der Waals surface area contributed by atoms with Crippen LogP contribution in [0.5, 0.6) is 0 Å². The Labute approximate surface area is 80.1 Å². The van der Waals surface area contributed by atoms with Crippen molar-refractivity contribution in [2.45, 2.75) is 12.8 Å². The fourth-order valence-corrected chi connectivity index (χ4v) is 1.96. The fourth-order valence-electron chi connectivity index (χ4n) is 0.821. The number of hydrogen-bond donors (Lipinski definition) is 0. The molecule has 1 aromatic rings. The lowest BCUT2D eigenvalue weighted by atomic mass is 10.3. The second kappa shape index (κ2) is 4.48. The monoisotopic (exact) mass is 204 g/mol. The van der Waals surface area contributed by atoms with Crippen molar-refractivity contribution in [3.63, 3.8) is 0 Å². The molecule has 0 spiro atoms. The molecule has 12 heavy (non-hydrogen) atoms. The summed E-state index contributed by atoms with van der Waals surface area (Å²) in [4.78, 5) is 11.8. The Morgan fingerprint density at radius 1 is 1.75 bits per heavy atom. The Kier molecular flexibility index (Phi) is 3.56. The van der Waals surface area contributed by atoms with Crippen LogP contribution in [0.25, 0.3) is 0 Å². The highest BCUT2D eigenvalue weighted by Gasteiger charge is 2.05. The maximum Gasteiger partial charge on any atom is 0.305 e. The molecule has 0 N–H and O–H groups in total. The highest BCUT2D eigenvalue weighted by Crippen LogP contribution is 2.23. The number of thiophene rings is 1. The van der Waals surface area contributed by atoms with Crippen molar-refractivity contribution in [2.24, 2.45) is 0 Å². The van der Waals surface area contributed by atoms with Crippen molar-refractivity contribution < 1.29 is 9.53 Å². The van der Waals surface area contributed by atoms with Crippen LogP contribution in [0.4, 0.5) is 0 Å². The van der Waals surface area contributed by atoms with Gasteiger partial charge in [-0.05, 0) is 17.9 Å². The van der Waals surface area contributed by atoms with E-state index in [-0.39, 0.29) is 5.97 Å². The molecule has 0 saturated carbocycles. The molecule has 0 unspecified atom stereocenters. The van der Waals surface area contributed by atoms with E-state index < -0.39 is 0 Å². The first-order valence-corrected chi connectivity index (χ1v) is 4.78. The Hall–Kier alpha value is -0.540. The summed E-state index contributed by atoms with van der Waals surface area (Å²) >= 11 is 7.39. The van der Waals surface area contributed by atoms with Crippen LogP contribution >= 0.6 is 22.9 Å². The minimum atomic E-state index is -0.195. The van der Waals surface area contributed by atoms with Gasteiger partial charge in [0.1, 0.15) is 0 Å². The predicted molar refractivity (Wildman–Crippen MR) is 49.7 cm³/mol. The van der Waals surface area contributed by atoms with E-state index in [4.69, 9.17) is 11.6 Å². The molecule has 66 valence electrons. The first kappa shape index (κ1) is 9.55. The van der Waals surface area contributed by atoms with Crippen molar-refractivity contribution in [3.05, 3.63) is 21.3 Å². The molecule has 0 bridgehead atoms. The lowest BCUT2D eigenvalue weighted by Gasteiger charge is -1.97. The molecule has 0 radical (unpaired) electrons.